The number of pyridine rings is 1. The Morgan fingerprint density at radius 2 is 1.13 bits per heavy atom. The van der Waals surface area contributed by atoms with Gasteiger partial charge in [0.25, 0.3) is 20.2 Å². The van der Waals surface area contributed by atoms with Crippen molar-refractivity contribution >= 4 is 42.0 Å². The van der Waals surface area contributed by atoms with Crippen LogP contribution in [0.5, 0.6) is 0 Å². The molecule has 3 aromatic rings. The van der Waals surface area contributed by atoms with E-state index in [4.69, 9.17) is 9.11 Å². The van der Waals surface area contributed by atoms with Gasteiger partial charge in [-0.3, -0.25) is 9.11 Å². The van der Waals surface area contributed by atoms with Gasteiger partial charge in [-0.15, -0.1) is 0 Å². The highest BCUT2D eigenvalue weighted by molar-refractivity contribution is 7.86. The fraction of sp³-hybridized carbons (Fsp3) is 0.350. The number of aryl methyl sites for hydroxylation is 1. The number of fused-ring (bicyclic) bond motifs is 2. The zero-order valence-electron chi connectivity index (χ0n) is 17.3. The molecule has 164 valence electrons. The molecular formula is C20H26N2O6S2. The SMILES string of the molecule is CCN(CC)CC.Cc1c2ccc(S(=O)(=O)O)cc2nc2cc(S(=O)(=O)O)ccc12. The van der Waals surface area contributed by atoms with Crippen LogP contribution < -0.4 is 0 Å². The van der Waals surface area contributed by atoms with Crippen LogP contribution in [0.15, 0.2) is 46.2 Å². The van der Waals surface area contributed by atoms with Crippen molar-refractivity contribution in [1.29, 1.82) is 0 Å². The van der Waals surface area contributed by atoms with E-state index in [1.54, 1.807) is 6.92 Å². The average Bonchev–Trinajstić information content (AvgIpc) is 2.68. The Morgan fingerprint density at radius 3 is 1.40 bits per heavy atom. The highest BCUT2D eigenvalue weighted by Gasteiger charge is 2.15. The van der Waals surface area contributed by atoms with Crippen LogP contribution >= 0.6 is 0 Å². The van der Waals surface area contributed by atoms with Crippen molar-refractivity contribution in [2.45, 2.75) is 37.5 Å². The summed E-state index contributed by atoms with van der Waals surface area (Å²) in [5.74, 6) is 0. The van der Waals surface area contributed by atoms with Gasteiger partial charge in [0.05, 0.1) is 20.8 Å². The van der Waals surface area contributed by atoms with E-state index in [0.29, 0.717) is 10.8 Å². The lowest BCUT2D eigenvalue weighted by Crippen LogP contribution is -2.21. The number of hydrogen-bond acceptors (Lipinski definition) is 6. The molecule has 0 aliphatic rings. The maximum absolute atomic E-state index is 11.2. The maximum atomic E-state index is 11.2. The van der Waals surface area contributed by atoms with Gasteiger partial charge in [0.2, 0.25) is 0 Å². The predicted octanol–water partition coefficient (Wildman–Crippen LogP) is 3.54. The number of rotatable bonds is 5. The van der Waals surface area contributed by atoms with Crippen LogP contribution in [0, 0.1) is 6.92 Å². The lowest BCUT2D eigenvalue weighted by Gasteiger charge is -2.13. The van der Waals surface area contributed by atoms with Gasteiger partial charge in [0.1, 0.15) is 0 Å². The molecule has 0 amide bonds. The van der Waals surface area contributed by atoms with E-state index in [1.807, 2.05) is 0 Å². The molecule has 0 saturated carbocycles. The van der Waals surface area contributed by atoms with Crippen LogP contribution in [0.1, 0.15) is 26.3 Å². The first kappa shape index (κ1) is 24.2. The van der Waals surface area contributed by atoms with Crippen molar-refractivity contribution in [3.05, 3.63) is 42.0 Å². The average molecular weight is 455 g/mol. The van der Waals surface area contributed by atoms with Gasteiger partial charge in [0.15, 0.2) is 0 Å². The Morgan fingerprint density at radius 1 is 0.767 bits per heavy atom. The zero-order chi connectivity index (χ0) is 22.7. The molecule has 0 fully saturated rings. The summed E-state index contributed by atoms with van der Waals surface area (Å²) in [5, 5.41) is 1.34. The second-order valence-electron chi connectivity index (χ2n) is 6.66. The van der Waals surface area contributed by atoms with E-state index in [9.17, 15) is 16.8 Å². The first-order valence-corrected chi connectivity index (χ1v) is 12.3. The molecule has 2 aromatic carbocycles. The molecular weight excluding hydrogens is 428 g/mol. The molecule has 0 spiro atoms. The van der Waals surface area contributed by atoms with Gasteiger partial charge in [0, 0.05) is 10.8 Å². The molecule has 0 unspecified atom stereocenters. The Kier molecular flexibility index (Phi) is 7.54. The smallest absolute Gasteiger partial charge is 0.294 e. The summed E-state index contributed by atoms with van der Waals surface area (Å²) >= 11 is 0. The van der Waals surface area contributed by atoms with Crippen molar-refractivity contribution in [2.24, 2.45) is 0 Å². The van der Waals surface area contributed by atoms with Crippen LogP contribution in [0.25, 0.3) is 21.8 Å². The van der Waals surface area contributed by atoms with Crippen molar-refractivity contribution < 1.29 is 25.9 Å². The molecule has 30 heavy (non-hydrogen) atoms. The van der Waals surface area contributed by atoms with E-state index < -0.39 is 20.2 Å². The minimum Gasteiger partial charge on any atom is -0.304 e. The van der Waals surface area contributed by atoms with Crippen LogP contribution in [0.2, 0.25) is 0 Å². The van der Waals surface area contributed by atoms with Gasteiger partial charge in [-0.1, -0.05) is 32.9 Å². The fourth-order valence-corrected chi connectivity index (χ4v) is 4.11. The molecule has 2 N–H and O–H groups in total. The molecule has 0 radical (unpaired) electrons. The molecule has 0 atom stereocenters. The van der Waals surface area contributed by atoms with Gasteiger partial charge in [-0.2, -0.15) is 16.8 Å². The third kappa shape index (κ3) is 5.52. The van der Waals surface area contributed by atoms with Crippen molar-refractivity contribution in [3.8, 4) is 0 Å². The van der Waals surface area contributed by atoms with Crippen molar-refractivity contribution in [2.75, 3.05) is 19.6 Å². The summed E-state index contributed by atoms with van der Waals surface area (Å²) in [5.41, 5.74) is 1.35. The molecule has 8 nitrogen and oxygen atoms in total. The summed E-state index contributed by atoms with van der Waals surface area (Å²) in [7, 11) is -8.74. The summed E-state index contributed by atoms with van der Waals surface area (Å²) in [4.78, 5) is 6.00. The Hall–Kier alpha value is -2.11. The number of benzene rings is 2. The largest absolute Gasteiger partial charge is 0.304 e. The summed E-state index contributed by atoms with van der Waals surface area (Å²) in [6.45, 7) is 11.9. The monoisotopic (exact) mass is 454 g/mol. The molecule has 0 saturated heterocycles. The zero-order valence-corrected chi connectivity index (χ0v) is 19.0. The van der Waals surface area contributed by atoms with Crippen molar-refractivity contribution in [3.63, 3.8) is 0 Å². The number of hydrogen-bond donors (Lipinski definition) is 2. The van der Waals surface area contributed by atoms with Crippen LogP contribution in [-0.2, 0) is 20.2 Å². The minimum atomic E-state index is -4.37. The highest BCUT2D eigenvalue weighted by atomic mass is 32.2. The maximum Gasteiger partial charge on any atom is 0.294 e. The third-order valence-corrected chi connectivity index (χ3v) is 6.62. The topological polar surface area (TPSA) is 125 Å². The molecule has 3 rings (SSSR count). The molecule has 0 bridgehead atoms. The van der Waals surface area contributed by atoms with Gasteiger partial charge in [-0.25, -0.2) is 4.98 Å². The normalized spacial score (nSPS) is 12.2. The summed E-state index contributed by atoms with van der Waals surface area (Å²) in [6.07, 6.45) is 0. The number of aromatic nitrogens is 1. The lowest BCUT2D eigenvalue weighted by molar-refractivity contribution is 0.321. The van der Waals surface area contributed by atoms with E-state index in [-0.39, 0.29) is 20.8 Å². The molecule has 0 aliphatic heterocycles. The van der Waals surface area contributed by atoms with Crippen LogP contribution in [0.4, 0.5) is 0 Å². The quantitative estimate of drug-likeness (QED) is 0.443. The second kappa shape index (κ2) is 9.36. The first-order valence-electron chi connectivity index (χ1n) is 9.43. The van der Waals surface area contributed by atoms with E-state index in [1.165, 1.54) is 56.0 Å². The van der Waals surface area contributed by atoms with E-state index in [2.05, 4.69) is 30.7 Å². The standard InChI is InChI=1S/C14H11NO6S2.C6H15N/c1-8-11-4-2-9(22(16,17)18)6-13(11)15-14-7-10(23(19,20)21)3-5-12(8)14;1-4-7(5-2)6-3/h2-7H,1H3,(H,16,17,18)(H,19,20,21);4-6H2,1-3H3. The van der Waals surface area contributed by atoms with Gasteiger partial charge in [-0.05, 0) is 56.4 Å². The van der Waals surface area contributed by atoms with Crippen LogP contribution in [-0.4, -0.2) is 55.5 Å². The minimum absolute atomic E-state index is 0.289. The molecule has 1 heterocycles. The fourth-order valence-electron chi connectivity index (χ4n) is 3.11. The predicted molar refractivity (Wildman–Crippen MR) is 117 cm³/mol. The lowest BCUT2D eigenvalue weighted by atomic mass is 10.0. The second-order valence-corrected chi connectivity index (χ2v) is 9.51. The molecule has 0 aliphatic carbocycles. The van der Waals surface area contributed by atoms with E-state index in [0.717, 1.165) is 5.56 Å². The third-order valence-electron chi connectivity index (χ3n) is 4.92. The van der Waals surface area contributed by atoms with Crippen molar-refractivity contribution in [1.82, 2.24) is 9.88 Å². The molecule has 10 heteroatoms. The highest BCUT2D eigenvalue weighted by Crippen LogP contribution is 2.28. The summed E-state index contributed by atoms with van der Waals surface area (Å²) < 4.78 is 63.1. The van der Waals surface area contributed by atoms with Gasteiger partial charge < -0.3 is 4.90 Å². The van der Waals surface area contributed by atoms with E-state index >= 15 is 0 Å². The number of nitrogens with zero attached hydrogens (tertiary/aromatic N) is 2. The Balaban J connectivity index is 0.000000396. The van der Waals surface area contributed by atoms with Crippen LogP contribution in [0.3, 0.4) is 0 Å². The Labute approximate surface area is 177 Å². The first-order chi connectivity index (χ1) is 13.9. The van der Waals surface area contributed by atoms with Gasteiger partial charge >= 0.3 is 0 Å². The Bertz CT molecular complexity index is 1170. The summed E-state index contributed by atoms with van der Waals surface area (Å²) in [6, 6.07) is 8.00. The molecule has 1 aromatic heterocycles.